The number of imide groups is 1. The van der Waals surface area contributed by atoms with Crippen molar-refractivity contribution in [2.24, 2.45) is 5.92 Å². The Morgan fingerprint density at radius 1 is 1.26 bits per heavy atom. The smallest absolute Gasteiger partial charge is 0.342 e. The van der Waals surface area contributed by atoms with Crippen LogP contribution in [0.4, 0.5) is 4.79 Å². The standard InChI is InChI=1S/C16H22N2O5/c1-10(2)6-7-17-16(22)18-14(20)9-23-15(21)12-8-11(3)4-5-13(12)19/h4-5,8,10,19H,6-7,9H2,1-3H3,(H2,17,18,20,22). The zero-order valence-corrected chi connectivity index (χ0v) is 13.5. The fourth-order valence-electron chi connectivity index (χ4n) is 1.70. The molecule has 1 aromatic carbocycles. The third-order valence-corrected chi connectivity index (χ3v) is 2.97. The van der Waals surface area contributed by atoms with Crippen molar-refractivity contribution in [3.05, 3.63) is 29.3 Å². The molecule has 0 spiro atoms. The second-order valence-corrected chi connectivity index (χ2v) is 5.58. The van der Waals surface area contributed by atoms with Gasteiger partial charge in [0, 0.05) is 6.54 Å². The first-order valence-corrected chi connectivity index (χ1v) is 7.34. The van der Waals surface area contributed by atoms with Gasteiger partial charge in [-0.15, -0.1) is 0 Å². The number of carbonyl (C=O) groups excluding carboxylic acids is 3. The molecule has 7 nitrogen and oxygen atoms in total. The van der Waals surface area contributed by atoms with Gasteiger partial charge in [0.25, 0.3) is 5.91 Å². The molecule has 0 heterocycles. The summed E-state index contributed by atoms with van der Waals surface area (Å²) in [5.41, 5.74) is 0.739. The molecule has 0 radical (unpaired) electrons. The Morgan fingerprint density at radius 3 is 2.61 bits per heavy atom. The number of hydrogen-bond donors (Lipinski definition) is 3. The van der Waals surface area contributed by atoms with Crippen LogP contribution in [0.15, 0.2) is 18.2 Å². The summed E-state index contributed by atoms with van der Waals surface area (Å²) in [5, 5.41) is 14.2. The van der Waals surface area contributed by atoms with Crippen LogP contribution in [-0.2, 0) is 9.53 Å². The number of nitrogens with one attached hydrogen (secondary N) is 2. The quantitative estimate of drug-likeness (QED) is 0.692. The first-order valence-electron chi connectivity index (χ1n) is 7.34. The minimum Gasteiger partial charge on any atom is -0.507 e. The maximum Gasteiger partial charge on any atom is 0.342 e. The Kier molecular flexibility index (Phi) is 7.05. The molecule has 23 heavy (non-hydrogen) atoms. The Labute approximate surface area is 135 Å². The molecule has 0 aliphatic heterocycles. The van der Waals surface area contributed by atoms with Crippen LogP contribution in [0, 0.1) is 12.8 Å². The molecule has 0 aliphatic rings. The van der Waals surface area contributed by atoms with Gasteiger partial charge in [0.1, 0.15) is 11.3 Å². The SMILES string of the molecule is Cc1ccc(O)c(C(=O)OCC(=O)NC(=O)NCCC(C)C)c1. The van der Waals surface area contributed by atoms with E-state index in [-0.39, 0.29) is 11.3 Å². The second kappa shape index (κ2) is 8.77. The van der Waals surface area contributed by atoms with E-state index in [1.165, 1.54) is 12.1 Å². The van der Waals surface area contributed by atoms with Gasteiger partial charge in [0.05, 0.1) is 0 Å². The topological polar surface area (TPSA) is 105 Å². The monoisotopic (exact) mass is 322 g/mol. The first-order chi connectivity index (χ1) is 10.8. The molecule has 7 heteroatoms. The van der Waals surface area contributed by atoms with Gasteiger partial charge >= 0.3 is 12.0 Å². The maximum absolute atomic E-state index is 11.8. The minimum absolute atomic E-state index is 0.0285. The third-order valence-electron chi connectivity index (χ3n) is 2.97. The average molecular weight is 322 g/mol. The molecule has 1 rings (SSSR count). The summed E-state index contributed by atoms with van der Waals surface area (Å²) in [5.74, 6) is -1.37. The molecule has 0 saturated carbocycles. The largest absolute Gasteiger partial charge is 0.507 e. The van der Waals surface area contributed by atoms with Crippen molar-refractivity contribution in [2.45, 2.75) is 27.2 Å². The number of rotatable bonds is 6. The van der Waals surface area contributed by atoms with Crippen molar-refractivity contribution >= 4 is 17.9 Å². The number of urea groups is 1. The summed E-state index contributed by atoms with van der Waals surface area (Å²) in [7, 11) is 0. The van der Waals surface area contributed by atoms with Crippen LogP contribution in [0.5, 0.6) is 5.75 Å². The third kappa shape index (κ3) is 6.82. The Balaban J connectivity index is 2.39. The molecule has 0 saturated heterocycles. The number of carbonyl (C=O) groups is 3. The lowest BCUT2D eigenvalue weighted by atomic mass is 10.1. The number of esters is 1. The predicted octanol–water partition coefficient (Wildman–Crippen LogP) is 1.73. The van der Waals surface area contributed by atoms with Gasteiger partial charge in [0.2, 0.25) is 0 Å². The highest BCUT2D eigenvalue weighted by atomic mass is 16.5. The van der Waals surface area contributed by atoms with Crippen molar-refractivity contribution < 1.29 is 24.2 Å². The molecule has 0 unspecified atom stereocenters. The van der Waals surface area contributed by atoms with Crippen molar-refractivity contribution in [1.82, 2.24) is 10.6 Å². The molecule has 0 aromatic heterocycles. The second-order valence-electron chi connectivity index (χ2n) is 5.58. The summed E-state index contributed by atoms with van der Waals surface area (Å²) in [6, 6.07) is 3.83. The summed E-state index contributed by atoms with van der Waals surface area (Å²) in [6.07, 6.45) is 0.795. The van der Waals surface area contributed by atoms with Gasteiger partial charge in [-0.2, -0.15) is 0 Å². The van der Waals surface area contributed by atoms with Gasteiger partial charge in [-0.05, 0) is 31.4 Å². The highest BCUT2D eigenvalue weighted by Crippen LogP contribution is 2.18. The van der Waals surface area contributed by atoms with Crippen LogP contribution in [-0.4, -0.2) is 36.2 Å². The molecular weight excluding hydrogens is 300 g/mol. The van der Waals surface area contributed by atoms with E-state index in [1.54, 1.807) is 13.0 Å². The van der Waals surface area contributed by atoms with Gasteiger partial charge in [0.15, 0.2) is 6.61 Å². The molecule has 3 amide bonds. The highest BCUT2D eigenvalue weighted by Gasteiger charge is 2.15. The molecule has 126 valence electrons. The maximum atomic E-state index is 11.8. The van der Waals surface area contributed by atoms with Gasteiger partial charge in [-0.25, -0.2) is 9.59 Å². The Bertz CT molecular complexity index is 584. The first kappa shape index (κ1) is 18.5. The van der Waals surface area contributed by atoms with Gasteiger partial charge in [-0.3, -0.25) is 10.1 Å². The van der Waals surface area contributed by atoms with Crippen molar-refractivity contribution in [3.8, 4) is 5.75 Å². The molecule has 0 aliphatic carbocycles. The summed E-state index contributed by atoms with van der Waals surface area (Å²) >= 11 is 0. The van der Waals surface area contributed by atoms with E-state index in [9.17, 15) is 19.5 Å². The van der Waals surface area contributed by atoms with Crippen molar-refractivity contribution in [3.63, 3.8) is 0 Å². The van der Waals surface area contributed by atoms with Crippen LogP contribution in [0.2, 0.25) is 0 Å². The summed E-state index contributed by atoms with van der Waals surface area (Å²) in [4.78, 5) is 34.7. The van der Waals surface area contributed by atoms with Crippen LogP contribution in [0.3, 0.4) is 0 Å². The normalized spacial score (nSPS) is 10.3. The van der Waals surface area contributed by atoms with Gasteiger partial charge in [-0.1, -0.05) is 25.5 Å². The summed E-state index contributed by atoms with van der Waals surface area (Å²) < 4.78 is 4.78. The Hall–Kier alpha value is -2.57. The lowest BCUT2D eigenvalue weighted by Crippen LogP contribution is -2.42. The van der Waals surface area contributed by atoms with E-state index in [0.717, 1.165) is 12.0 Å². The van der Waals surface area contributed by atoms with Crippen LogP contribution in [0.1, 0.15) is 36.2 Å². The molecular formula is C16H22N2O5. The lowest BCUT2D eigenvalue weighted by molar-refractivity contribution is -0.123. The van der Waals surface area contributed by atoms with Crippen molar-refractivity contribution in [2.75, 3.05) is 13.2 Å². The highest BCUT2D eigenvalue weighted by molar-refractivity contribution is 5.97. The number of amides is 3. The number of phenols is 1. The number of hydrogen-bond acceptors (Lipinski definition) is 5. The Morgan fingerprint density at radius 2 is 1.96 bits per heavy atom. The van der Waals surface area contributed by atoms with E-state index in [0.29, 0.717) is 12.5 Å². The van der Waals surface area contributed by atoms with Crippen molar-refractivity contribution in [1.29, 1.82) is 0 Å². The predicted molar refractivity (Wildman–Crippen MR) is 84.1 cm³/mol. The molecule has 0 atom stereocenters. The fourth-order valence-corrected chi connectivity index (χ4v) is 1.70. The van der Waals surface area contributed by atoms with E-state index >= 15 is 0 Å². The number of aryl methyl sites for hydroxylation is 1. The molecule has 0 fully saturated rings. The zero-order valence-electron chi connectivity index (χ0n) is 13.5. The number of phenolic OH excluding ortho intramolecular Hbond substituents is 1. The molecule has 3 N–H and O–H groups in total. The lowest BCUT2D eigenvalue weighted by Gasteiger charge is -2.09. The molecule has 1 aromatic rings. The average Bonchev–Trinajstić information content (AvgIpc) is 2.46. The fraction of sp³-hybridized carbons (Fsp3) is 0.438. The minimum atomic E-state index is -0.832. The summed E-state index contributed by atoms with van der Waals surface area (Å²) in [6.45, 7) is 5.64. The van der Waals surface area contributed by atoms with Crippen LogP contribution in [0.25, 0.3) is 0 Å². The van der Waals surface area contributed by atoms with E-state index < -0.39 is 24.5 Å². The van der Waals surface area contributed by atoms with E-state index in [4.69, 9.17) is 4.74 Å². The molecule has 0 bridgehead atoms. The van der Waals surface area contributed by atoms with E-state index in [2.05, 4.69) is 10.6 Å². The number of benzene rings is 1. The van der Waals surface area contributed by atoms with Crippen LogP contribution < -0.4 is 10.6 Å². The van der Waals surface area contributed by atoms with E-state index in [1.807, 2.05) is 13.8 Å². The van der Waals surface area contributed by atoms with Crippen LogP contribution >= 0.6 is 0 Å². The number of ether oxygens (including phenoxy) is 1. The zero-order chi connectivity index (χ0) is 17.4. The number of aromatic hydroxyl groups is 1. The van der Waals surface area contributed by atoms with Gasteiger partial charge < -0.3 is 15.2 Å².